The Morgan fingerprint density at radius 2 is 1.88 bits per heavy atom. The molecule has 1 saturated carbocycles. The minimum atomic E-state index is -4.32. The van der Waals surface area contributed by atoms with Gasteiger partial charge in [0.25, 0.3) is 0 Å². The zero-order valence-electron chi connectivity index (χ0n) is 20.0. The predicted octanol–water partition coefficient (Wildman–Crippen LogP) is 4.70. The number of hydrogen-bond acceptors (Lipinski definition) is 4. The fourth-order valence-corrected chi connectivity index (χ4v) is 6.45. The number of piperidine rings is 1. The van der Waals surface area contributed by atoms with E-state index in [1.807, 2.05) is 0 Å². The van der Waals surface area contributed by atoms with Gasteiger partial charge in [-0.3, -0.25) is 9.69 Å². The molecule has 0 radical (unpaired) electrons. The molecule has 34 heavy (non-hydrogen) atoms. The van der Waals surface area contributed by atoms with E-state index in [0.29, 0.717) is 43.4 Å². The largest absolute Gasteiger partial charge is 0.416 e. The summed E-state index contributed by atoms with van der Waals surface area (Å²) in [6, 6.07) is 6.02. The third-order valence-electron chi connectivity index (χ3n) is 8.40. The van der Waals surface area contributed by atoms with Crippen LogP contribution in [-0.2, 0) is 27.0 Å². The summed E-state index contributed by atoms with van der Waals surface area (Å²) >= 11 is 0. The van der Waals surface area contributed by atoms with E-state index in [0.717, 1.165) is 51.0 Å². The summed E-state index contributed by atoms with van der Waals surface area (Å²) in [4.78, 5) is 17.5. The van der Waals surface area contributed by atoms with E-state index >= 15 is 0 Å². The summed E-state index contributed by atoms with van der Waals surface area (Å²) in [5.41, 5.74) is -0.189. The van der Waals surface area contributed by atoms with Crippen LogP contribution in [0.25, 0.3) is 0 Å². The highest BCUT2D eigenvalue weighted by molar-refractivity contribution is 5.78. The molecule has 1 aromatic carbocycles. The molecule has 3 aliphatic heterocycles. The van der Waals surface area contributed by atoms with Crippen LogP contribution in [-0.4, -0.2) is 59.9 Å². The van der Waals surface area contributed by atoms with Gasteiger partial charge in [-0.15, -0.1) is 0 Å². The van der Waals surface area contributed by atoms with Crippen molar-refractivity contribution in [1.29, 1.82) is 0 Å². The average Bonchev–Trinajstić information content (AvgIpc) is 3.16. The minimum Gasteiger partial charge on any atom is -0.381 e. The average molecular weight is 481 g/mol. The number of ether oxygens (including phenoxy) is 2. The Kier molecular flexibility index (Phi) is 6.44. The Morgan fingerprint density at radius 3 is 2.50 bits per heavy atom. The molecular formula is C26H35F3N2O3. The molecule has 0 bridgehead atoms. The Morgan fingerprint density at radius 1 is 1.15 bits per heavy atom. The van der Waals surface area contributed by atoms with Crippen LogP contribution in [0.5, 0.6) is 0 Å². The number of carbonyl (C=O) groups excluding carboxylic acids is 1. The second kappa shape index (κ2) is 9.10. The lowest BCUT2D eigenvalue weighted by atomic mass is 9.72. The molecule has 4 atom stereocenters. The monoisotopic (exact) mass is 480 g/mol. The number of alkyl halides is 3. The number of halogens is 3. The predicted molar refractivity (Wildman–Crippen MR) is 121 cm³/mol. The molecule has 5 nitrogen and oxygen atoms in total. The van der Waals surface area contributed by atoms with E-state index in [1.54, 1.807) is 12.1 Å². The van der Waals surface area contributed by atoms with Gasteiger partial charge in [0.05, 0.1) is 31.4 Å². The molecule has 3 heterocycles. The van der Waals surface area contributed by atoms with Crippen molar-refractivity contribution >= 4 is 5.91 Å². The first-order chi connectivity index (χ1) is 16.2. The molecule has 1 aromatic rings. The number of nitrogens with zero attached hydrogens (tertiary/aromatic N) is 2. The fourth-order valence-electron chi connectivity index (χ4n) is 6.45. The lowest BCUT2D eigenvalue weighted by Gasteiger charge is -2.54. The highest BCUT2D eigenvalue weighted by Gasteiger charge is 2.59. The summed E-state index contributed by atoms with van der Waals surface area (Å²) in [6.45, 7) is 7.90. The molecule has 188 valence electrons. The van der Waals surface area contributed by atoms with Crippen LogP contribution >= 0.6 is 0 Å². The molecule has 1 amide bonds. The van der Waals surface area contributed by atoms with Crippen molar-refractivity contribution in [3.63, 3.8) is 0 Å². The molecule has 4 aliphatic rings. The first-order valence-corrected chi connectivity index (χ1v) is 12.6. The summed E-state index contributed by atoms with van der Waals surface area (Å²) < 4.78 is 50.9. The molecule has 0 aromatic heterocycles. The smallest absolute Gasteiger partial charge is 0.381 e. The van der Waals surface area contributed by atoms with Gasteiger partial charge in [-0.25, -0.2) is 0 Å². The molecule has 1 aliphatic carbocycles. The van der Waals surface area contributed by atoms with Gasteiger partial charge < -0.3 is 14.4 Å². The quantitative estimate of drug-likeness (QED) is 0.592. The Balaban J connectivity index is 1.33. The lowest BCUT2D eigenvalue weighted by Crippen LogP contribution is -2.63. The van der Waals surface area contributed by atoms with Gasteiger partial charge >= 0.3 is 6.18 Å². The number of hydrogen-bond donors (Lipinski definition) is 0. The van der Waals surface area contributed by atoms with Crippen molar-refractivity contribution in [2.45, 2.75) is 76.5 Å². The van der Waals surface area contributed by atoms with E-state index in [9.17, 15) is 18.0 Å². The summed E-state index contributed by atoms with van der Waals surface area (Å²) in [5, 5.41) is 0. The third-order valence-corrected chi connectivity index (χ3v) is 8.40. The second-order valence-corrected chi connectivity index (χ2v) is 10.9. The number of rotatable bonds is 6. The molecule has 8 heteroatoms. The minimum absolute atomic E-state index is 0.141. The van der Waals surface area contributed by atoms with Gasteiger partial charge in [0.2, 0.25) is 5.91 Å². The number of benzene rings is 1. The van der Waals surface area contributed by atoms with Crippen molar-refractivity contribution in [3.8, 4) is 0 Å². The van der Waals surface area contributed by atoms with Crippen molar-refractivity contribution < 1.29 is 27.4 Å². The van der Waals surface area contributed by atoms with E-state index in [4.69, 9.17) is 9.47 Å². The van der Waals surface area contributed by atoms with Crippen LogP contribution in [0.15, 0.2) is 24.3 Å². The SMILES string of the molecule is CC(C)[C@H]1CO[C@]23CC[C@H](N(Cc4ccc(C(F)(F)F)cc4)CC4COC4)C[C@H]2CCC(=O)N13. The number of carbonyl (C=O) groups is 1. The first-order valence-electron chi connectivity index (χ1n) is 12.6. The van der Waals surface area contributed by atoms with Gasteiger partial charge in [-0.2, -0.15) is 13.2 Å². The van der Waals surface area contributed by atoms with Crippen LogP contribution < -0.4 is 0 Å². The van der Waals surface area contributed by atoms with E-state index in [1.165, 1.54) is 12.1 Å². The third kappa shape index (κ3) is 4.37. The van der Waals surface area contributed by atoms with E-state index < -0.39 is 17.5 Å². The van der Waals surface area contributed by atoms with Crippen LogP contribution in [0.2, 0.25) is 0 Å². The maximum absolute atomic E-state index is 13.0. The molecular weight excluding hydrogens is 445 g/mol. The summed E-state index contributed by atoms with van der Waals surface area (Å²) in [6.07, 6.45) is -0.221. The molecule has 1 spiro atoms. The first kappa shape index (κ1) is 24.1. The summed E-state index contributed by atoms with van der Waals surface area (Å²) in [5.74, 6) is 1.33. The molecule has 4 fully saturated rings. The van der Waals surface area contributed by atoms with Crippen LogP contribution in [0, 0.1) is 17.8 Å². The van der Waals surface area contributed by atoms with Crippen LogP contribution in [0.3, 0.4) is 0 Å². The van der Waals surface area contributed by atoms with Crippen molar-refractivity contribution in [3.05, 3.63) is 35.4 Å². The maximum Gasteiger partial charge on any atom is 0.416 e. The standard InChI is InChI=1S/C26H35F3N2O3/c1-17(2)23-16-34-25-10-9-22(11-21(25)7-8-24(32)31(23)25)30(13-19-14-33-15-19)12-18-3-5-20(6-4-18)26(27,28)29/h3-6,17,19,21-23H,7-16H2,1-2H3/t21-,22+,23-,25-/m1/s1. The molecule has 0 unspecified atom stereocenters. The van der Waals surface area contributed by atoms with Gasteiger partial charge in [-0.1, -0.05) is 26.0 Å². The Hall–Kier alpha value is -1.64. The van der Waals surface area contributed by atoms with Gasteiger partial charge in [0.15, 0.2) is 0 Å². The topological polar surface area (TPSA) is 42.0 Å². The van der Waals surface area contributed by atoms with Crippen molar-refractivity contribution in [2.24, 2.45) is 17.8 Å². The highest BCUT2D eigenvalue weighted by atomic mass is 19.4. The summed E-state index contributed by atoms with van der Waals surface area (Å²) in [7, 11) is 0. The normalized spacial score (nSPS) is 32.1. The lowest BCUT2D eigenvalue weighted by molar-refractivity contribution is -0.192. The Bertz CT molecular complexity index is 886. The van der Waals surface area contributed by atoms with Crippen LogP contribution in [0.1, 0.15) is 57.1 Å². The van der Waals surface area contributed by atoms with E-state index in [-0.39, 0.29) is 11.9 Å². The second-order valence-electron chi connectivity index (χ2n) is 10.9. The van der Waals surface area contributed by atoms with Crippen molar-refractivity contribution in [2.75, 3.05) is 26.4 Å². The Labute approximate surface area is 199 Å². The maximum atomic E-state index is 13.0. The van der Waals surface area contributed by atoms with Gasteiger partial charge in [0, 0.05) is 37.4 Å². The molecule has 3 saturated heterocycles. The zero-order valence-corrected chi connectivity index (χ0v) is 20.0. The molecule has 5 rings (SSSR count). The van der Waals surface area contributed by atoms with Gasteiger partial charge in [0.1, 0.15) is 5.72 Å². The fraction of sp³-hybridized carbons (Fsp3) is 0.731. The van der Waals surface area contributed by atoms with Crippen molar-refractivity contribution in [1.82, 2.24) is 9.80 Å². The highest BCUT2D eigenvalue weighted by Crippen LogP contribution is 2.51. The van der Waals surface area contributed by atoms with Crippen LogP contribution in [0.4, 0.5) is 13.2 Å². The van der Waals surface area contributed by atoms with E-state index in [2.05, 4.69) is 23.6 Å². The number of amides is 1. The zero-order chi connectivity index (χ0) is 24.1. The van der Waals surface area contributed by atoms with Gasteiger partial charge in [-0.05, 0) is 49.3 Å². The molecule has 0 N–H and O–H groups in total.